The fourth-order valence-electron chi connectivity index (χ4n) is 6.86. The van der Waals surface area contributed by atoms with Crippen LogP contribution >= 0.6 is 0 Å². The molecule has 1 atom stereocenters. The van der Waals surface area contributed by atoms with E-state index < -0.39 is 0 Å². The topological polar surface area (TPSA) is 49.6 Å². The van der Waals surface area contributed by atoms with Gasteiger partial charge in [-0.05, 0) is 92.3 Å². The number of fused-ring (bicyclic) bond motifs is 1. The summed E-state index contributed by atoms with van der Waals surface area (Å²) < 4.78 is 0. The second-order valence-corrected chi connectivity index (χ2v) is 12.6. The highest BCUT2D eigenvalue weighted by Gasteiger charge is 2.20. The van der Waals surface area contributed by atoms with Gasteiger partial charge in [-0.1, -0.05) is 153 Å². The van der Waals surface area contributed by atoms with Gasteiger partial charge < -0.3 is 5.41 Å². The second-order valence-electron chi connectivity index (χ2n) is 12.6. The van der Waals surface area contributed by atoms with E-state index >= 15 is 0 Å². The molecule has 1 heterocycles. The van der Waals surface area contributed by atoms with Crippen LogP contribution in [0.15, 0.2) is 176 Å². The van der Waals surface area contributed by atoms with Crippen LogP contribution in [0.3, 0.4) is 0 Å². The van der Waals surface area contributed by atoms with Crippen molar-refractivity contribution in [3.05, 3.63) is 199 Å². The lowest BCUT2D eigenvalue weighted by molar-refractivity contribution is 0.804. The Bertz CT molecular complexity index is 2300. The monoisotopic (exact) mass is 645 g/mol. The molecule has 50 heavy (non-hydrogen) atoms. The van der Waals surface area contributed by atoms with Crippen molar-refractivity contribution in [1.29, 1.82) is 5.41 Å². The Hall–Kier alpha value is -6.19. The number of aromatic nitrogens is 2. The first kappa shape index (κ1) is 32.4. The van der Waals surface area contributed by atoms with E-state index in [1.54, 1.807) is 6.08 Å². The molecule has 1 unspecified atom stereocenters. The maximum Gasteiger partial charge on any atom is 0.160 e. The zero-order valence-electron chi connectivity index (χ0n) is 28.1. The molecule has 0 bridgehead atoms. The SMILES string of the molecule is C=C/C=C(\C=N)C1=CCC(c2cc(C3=CCCC(C(=C)c4ccccc4C=C)=C3)nc(-c3ccc(-c4cccc5ccccc45)cc3)n2)C=C1. The molecule has 0 saturated heterocycles. The third kappa shape index (κ3) is 6.59. The first-order chi connectivity index (χ1) is 24.6. The molecule has 0 aliphatic heterocycles. The summed E-state index contributed by atoms with van der Waals surface area (Å²) in [4.78, 5) is 10.4. The van der Waals surface area contributed by atoms with Crippen LogP contribution in [0.1, 0.15) is 47.7 Å². The minimum absolute atomic E-state index is 0.0759. The summed E-state index contributed by atoms with van der Waals surface area (Å²) in [5.74, 6) is 0.779. The van der Waals surface area contributed by atoms with Crippen LogP contribution in [0.4, 0.5) is 0 Å². The molecular formula is C47H39N3. The van der Waals surface area contributed by atoms with Gasteiger partial charge in [-0.15, -0.1) is 0 Å². The van der Waals surface area contributed by atoms with Crippen molar-refractivity contribution in [3.63, 3.8) is 0 Å². The summed E-state index contributed by atoms with van der Waals surface area (Å²) >= 11 is 0. The van der Waals surface area contributed by atoms with Gasteiger partial charge in [0.1, 0.15) is 0 Å². The largest absolute Gasteiger partial charge is 0.308 e. The van der Waals surface area contributed by atoms with Crippen molar-refractivity contribution in [2.24, 2.45) is 0 Å². The van der Waals surface area contributed by atoms with Gasteiger partial charge in [0.15, 0.2) is 5.82 Å². The van der Waals surface area contributed by atoms with Crippen molar-refractivity contribution >= 4 is 34.2 Å². The highest BCUT2D eigenvalue weighted by atomic mass is 14.9. The number of benzene rings is 4. The molecule has 3 nitrogen and oxygen atoms in total. The van der Waals surface area contributed by atoms with Gasteiger partial charge in [0.05, 0.1) is 11.4 Å². The predicted molar refractivity (Wildman–Crippen MR) is 213 cm³/mol. The molecular weight excluding hydrogens is 607 g/mol. The normalized spacial score (nSPS) is 15.9. The number of hydrogen-bond acceptors (Lipinski definition) is 3. The standard InChI is InChI=1S/C47H39N3/c1-4-12-41(31-48)34-21-25-37(26-22-34)45-30-46(40-17-10-16-39(29-40)32(3)42-18-8-6-13-33(42)5-2)50-47(49-45)38-27-23-36(24-28-38)44-20-11-15-35-14-7-9-19-43(35)44/h4-9,11-15,17-25,27-31,37,48H,1-3,10,16,26H2/b41-12+,48-31?. The van der Waals surface area contributed by atoms with Crippen LogP contribution in [0.25, 0.3) is 50.5 Å². The fraction of sp³-hybridized carbons (Fsp3) is 0.0851. The van der Waals surface area contributed by atoms with E-state index in [4.69, 9.17) is 15.4 Å². The van der Waals surface area contributed by atoms with Crippen molar-refractivity contribution in [3.8, 4) is 22.5 Å². The lowest BCUT2D eigenvalue weighted by atomic mass is 9.87. The summed E-state index contributed by atoms with van der Waals surface area (Å²) in [5.41, 5.74) is 12.6. The van der Waals surface area contributed by atoms with Crippen LogP contribution in [0.5, 0.6) is 0 Å². The number of allylic oxidation sites excluding steroid dienone is 12. The van der Waals surface area contributed by atoms with Crippen LogP contribution in [-0.4, -0.2) is 16.2 Å². The van der Waals surface area contributed by atoms with E-state index in [1.807, 2.05) is 18.2 Å². The van der Waals surface area contributed by atoms with E-state index in [9.17, 15) is 0 Å². The number of hydrogen-bond donors (Lipinski definition) is 1. The van der Waals surface area contributed by atoms with E-state index in [1.165, 1.54) is 28.1 Å². The molecule has 0 spiro atoms. The Balaban J connectivity index is 1.27. The molecule has 7 rings (SSSR count). The lowest BCUT2D eigenvalue weighted by Crippen LogP contribution is -2.07. The first-order valence-electron chi connectivity index (χ1n) is 17.1. The van der Waals surface area contributed by atoms with Crippen molar-refractivity contribution < 1.29 is 0 Å². The summed E-state index contributed by atoms with van der Waals surface area (Å²) in [7, 11) is 0. The Morgan fingerprint density at radius 1 is 0.840 bits per heavy atom. The molecule has 3 heteroatoms. The molecule has 0 amide bonds. The van der Waals surface area contributed by atoms with Crippen LogP contribution in [0.2, 0.25) is 0 Å². The van der Waals surface area contributed by atoms with Crippen LogP contribution in [0, 0.1) is 5.41 Å². The number of rotatable bonds is 10. The first-order valence-corrected chi connectivity index (χ1v) is 17.1. The highest BCUT2D eigenvalue weighted by molar-refractivity contribution is 5.97. The minimum atomic E-state index is 0.0759. The summed E-state index contributed by atoms with van der Waals surface area (Å²) in [6.45, 7) is 12.3. The smallest absolute Gasteiger partial charge is 0.160 e. The van der Waals surface area contributed by atoms with Gasteiger partial charge in [-0.2, -0.15) is 0 Å². The Kier molecular flexibility index (Phi) is 9.39. The fourth-order valence-corrected chi connectivity index (χ4v) is 6.86. The van der Waals surface area contributed by atoms with E-state index in [0.29, 0.717) is 5.82 Å². The van der Waals surface area contributed by atoms with Crippen LogP contribution < -0.4 is 0 Å². The number of nitrogens with zero attached hydrogens (tertiary/aromatic N) is 2. The maximum atomic E-state index is 7.85. The Morgan fingerprint density at radius 2 is 1.62 bits per heavy atom. The Morgan fingerprint density at radius 3 is 2.40 bits per heavy atom. The number of nitrogens with one attached hydrogen (secondary N) is 1. The molecule has 5 aromatic rings. The van der Waals surface area contributed by atoms with Gasteiger partial charge in [-0.25, -0.2) is 9.97 Å². The second kappa shape index (κ2) is 14.5. The van der Waals surface area contributed by atoms with Crippen LogP contribution in [-0.2, 0) is 0 Å². The molecule has 0 radical (unpaired) electrons. The molecule has 0 fully saturated rings. The van der Waals surface area contributed by atoms with Gasteiger partial charge >= 0.3 is 0 Å². The van der Waals surface area contributed by atoms with Gasteiger partial charge in [0.2, 0.25) is 0 Å². The summed E-state index contributed by atoms with van der Waals surface area (Å²) in [6.07, 6.45) is 20.5. The third-order valence-electron chi connectivity index (χ3n) is 9.55. The zero-order valence-corrected chi connectivity index (χ0v) is 28.1. The van der Waals surface area contributed by atoms with E-state index in [2.05, 4.69) is 141 Å². The molecule has 1 N–H and O–H groups in total. The average Bonchev–Trinajstić information content (AvgIpc) is 3.19. The van der Waals surface area contributed by atoms with E-state index in [-0.39, 0.29) is 5.92 Å². The van der Waals surface area contributed by atoms with Gasteiger partial charge in [0.25, 0.3) is 0 Å². The quantitative estimate of drug-likeness (QED) is 0.121. The Labute approximate surface area is 295 Å². The zero-order chi connectivity index (χ0) is 34.5. The third-order valence-corrected chi connectivity index (χ3v) is 9.55. The molecule has 2 aliphatic carbocycles. The highest BCUT2D eigenvalue weighted by Crippen LogP contribution is 2.37. The molecule has 0 saturated carbocycles. The maximum absolute atomic E-state index is 7.85. The average molecular weight is 646 g/mol. The molecule has 242 valence electrons. The molecule has 2 aliphatic rings. The predicted octanol–water partition coefficient (Wildman–Crippen LogP) is 12.2. The van der Waals surface area contributed by atoms with Gasteiger partial charge in [0, 0.05) is 17.7 Å². The van der Waals surface area contributed by atoms with Crippen molar-refractivity contribution in [1.82, 2.24) is 9.97 Å². The lowest BCUT2D eigenvalue weighted by Gasteiger charge is -2.20. The molecule has 1 aromatic heterocycles. The summed E-state index contributed by atoms with van der Waals surface area (Å²) in [6, 6.07) is 34.0. The van der Waals surface area contributed by atoms with Crippen molar-refractivity contribution in [2.75, 3.05) is 0 Å². The minimum Gasteiger partial charge on any atom is -0.308 e. The van der Waals surface area contributed by atoms with E-state index in [0.717, 1.165) is 75.2 Å². The summed E-state index contributed by atoms with van der Waals surface area (Å²) in [5, 5.41) is 10.3. The van der Waals surface area contributed by atoms with Crippen molar-refractivity contribution in [2.45, 2.75) is 25.2 Å². The molecule has 4 aromatic carbocycles. The van der Waals surface area contributed by atoms with Gasteiger partial charge in [-0.3, -0.25) is 0 Å².